The minimum atomic E-state index is -0.779. The van der Waals surface area contributed by atoms with E-state index in [9.17, 15) is 14.4 Å². The Labute approximate surface area is 250 Å². The van der Waals surface area contributed by atoms with Gasteiger partial charge in [-0.05, 0) is 53.6 Å². The zero-order chi connectivity index (χ0) is 29.0. The number of rotatable bonds is 16. The second kappa shape index (κ2) is 16.4. The summed E-state index contributed by atoms with van der Waals surface area (Å²) >= 11 is 2.11. The van der Waals surface area contributed by atoms with Gasteiger partial charge < -0.3 is 30.0 Å². The number of esters is 1. The van der Waals surface area contributed by atoms with Crippen LogP contribution in [0.2, 0.25) is 0 Å². The van der Waals surface area contributed by atoms with E-state index in [1.54, 1.807) is 18.2 Å². The number of amides is 2. The Morgan fingerprint density at radius 3 is 2.38 bits per heavy atom. The summed E-state index contributed by atoms with van der Waals surface area (Å²) in [6, 6.07) is 7.22. The molecule has 3 N–H and O–H groups in total. The molecule has 1 aliphatic heterocycles. The number of carbonyl (C=O) groups excluding carboxylic acids is 3. The molecule has 1 aromatic rings. The van der Waals surface area contributed by atoms with Crippen LogP contribution in [0.5, 0.6) is 0 Å². The van der Waals surface area contributed by atoms with E-state index in [4.69, 9.17) is 19.3 Å². The molecule has 1 fully saturated rings. The number of carbonyl (C=O) groups is 3. The van der Waals surface area contributed by atoms with Crippen LogP contribution in [0, 0.1) is 3.57 Å². The summed E-state index contributed by atoms with van der Waals surface area (Å²) < 4.78 is 20.1. The number of benzene rings is 1. The summed E-state index contributed by atoms with van der Waals surface area (Å²) in [6.45, 7) is 4.48. The van der Waals surface area contributed by atoms with Gasteiger partial charge in [-0.2, -0.15) is 0 Å². The van der Waals surface area contributed by atoms with Gasteiger partial charge in [0.15, 0.2) is 5.79 Å². The molecule has 3 atom stereocenters. The highest BCUT2D eigenvalue weighted by Gasteiger charge is 2.52. The zero-order valence-electron chi connectivity index (χ0n) is 23.6. The smallest absolute Gasteiger partial charge is 0.339 e. The summed E-state index contributed by atoms with van der Waals surface area (Å²) in [4.78, 5) is 38.2. The number of nitrogens with one attached hydrogen (secondary N) is 2. The molecule has 222 valence electrons. The first kappa shape index (κ1) is 32.5. The van der Waals surface area contributed by atoms with E-state index in [-0.39, 0.29) is 44.4 Å². The first-order chi connectivity index (χ1) is 19.3. The maximum absolute atomic E-state index is 13.2. The standard InChI is InChI=1S/C30H43IN2O7/c1-3-5-9-14-30(15-10-6-4-2)39-25-20-21(28(36)33-16-13-26(35)32-17-18-34)19-24(27(25)40-30)38-29(37)22-11-7-8-12-23(22)31/h7-8,11-12,20,24-25,27,34H,3-6,9-10,13-19H2,1-2H3,(H,32,35)(H,33,36)/t24-,25-,27+/m1/s1. The number of halogens is 1. The molecule has 0 saturated carbocycles. The van der Waals surface area contributed by atoms with Crippen LogP contribution in [0.3, 0.4) is 0 Å². The highest BCUT2D eigenvalue weighted by Crippen LogP contribution is 2.43. The van der Waals surface area contributed by atoms with Crippen molar-refractivity contribution in [2.75, 3.05) is 19.7 Å². The Balaban J connectivity index is 1.79. The van der Waals surface area contributed by atoms with Gasteiger partial charge in [-0.15, -0.1) is 0 Å². The number of fused-ring (bicyclic) bond motifs is 1. The van der Waals surface area contributed by atoms with E-state index < -0.39 is 30.1 Å². The lowest BCUT2D eigenvalue weighted by atomic mass is 9.91. The highest BCUT2D eigenvalue weighted by molar-refractivity contribution is 14.1. The lowest BCUT2D eigenvalue weighted by molar-refractivity contribution is -0.190. The van der Waals surface area contributed by atoms with E-state index in [2.05, 4.69) is 47.1 Å². The molecule has 0 radical (unpaired) electrons. The Hall–Kier alpha value is -2.02. The van der Waals surface area contributed by atoms with Crippen molar-refractivity contribution in [1.29, 1.82) is 0 Å². The van der Waals surface area contributed by atoms with Crippen molar-refractivity contribution < 1.29 is 33.7 Å². The van der Waals surface area contributed by atoms with Crippen LogP contribution < -0.4 is 10.6 Å². The fraction of sp³-hybridized carbons (Fsp3) is 0.633. The van der Waals surface area contributed by atoms with Gasteiger partial charge in [0, 0.05) is 47.9 Å². The van der Waals surface area contributed by atoms with Crippen molar-refractivity contribution in [2.45, 2.75) is 102 Å². The first-order valence-electron chi connectivity index (χ1n) is 14.5. The van der Waals surface area contributed by atoms with Crippen molar-refractivity contribution in [3.05, 3.63) is 45.0 Å². The van der Waals surface area contributed by atoms with Crippen molar-refractivity contribution >= 4 is 40.4 Å². The molecule has 1 saturated heterocycles. The van der Waals surface area contributed by atoms with Crippen LogP contribution in [-0.2, 0) is 23.8 Å². The maximum Gasteiger partial charge on any atom is 0.339 e. The number of ether oxygens (including phenoxy) is 3. The van der Waals surface area contributed by atoms with Gasteiger partial charge in [-0.1, -0.05) is 51.7 Å². The second-order valence-electron chi connectivity index (χ2n) is 10.4. The Morgan fingerprint density at radius 2 is 1.73 bits per heavy atom. The Bertz CT molecular complexity index is 1020. The summed E-state index contributed by atoms with van der Waals surface area (Å²) in [7, 11) is 0. The van der Waals surface area contributed by atoms with Crippen molar-refractivity contribution in [3.8, 4) is 0 Å². The molecular formula is C30H43IN2O7. The number of aliphatic hydroxyl groups is 1. The van der Waals surface area contributed by atoms with Gasteiger partial charge in [0.25, 0.3) is 0 Å². The lowest BCUT2D eigenvalue weighted by Crippen LogP contribution is -2.44. The topological polar surface area (TPSA) is 123 Å². The van der Waals surface area contributed by atoms with Crippen LogP contribution in [-0.4, -0.2) is 66.7 Å². The number of aliphatic hydroxyl groups excluding tert-OH is 1. The minimum Gasteiger partial charge on any atom is -0.455 e. The molecule has 1 aromatic carbocycles. The molecule has 2 amide bonds. The number of hydrogen-bond donors (Lipinski definition) is 3. The third-order valence-electron chi connectivity index (χ3n) is 7.22. The molecule has 10 heteroatoms. The van der Waals surface area contributed by atoms with Gasteiger partial charge in [-0.25, -0.2) is 4.79 Å². The van der Waals surface area contributed by atoms with E-state index in [0.29, 0.717) is 11.1 Å². The van der Waals surface area contributed by atoms with Gasteiger partial charge in [0.2, 0.25) is 11.8 Å². The molecule has 1 heterocycles. The van der Waals surface area contributed by atoms with E-state index in [1.165, 1.54) is 0 Å². The summed E-state index contributed by atoms with van der Waals surface area (Å²) in [6.07, 6.45) is 8.02. The van der Waals surface area contributed by atoms with Crippen LogP contribution in [0.4, 0.5) is 0 Å². The van der Waals surface area contributed by atoms with Gasteiger partial charge in [0.1, 0.15) is 18.3 Å². The van der Waals surface area contributed by atoms with E-state index in [0.717, 1.165) is 54.9 Å². The largest absolute Gasteiger partial charge is 0.455 e. The lowest BCUT2D eigenvalue weighted by Gasteiger charge is -2.31. The molecule has 0 bridgehead atoms. The average molecular weight is 671 g/mol. The SMILES string of the molecule is CCCCCC1(CCCCC)O[C@@H]2[C@@H](C=C(C(=O)NCCC(=O)NCCO)C[C@H]2OC(=O)c2ccccc2I)O1. The number of unbranched alkanes of at least 4 members (excludes halogenated alkanes) is 4. The zero-order valence-corrected chi connectivity index (χ0v) is 25.7. The fourth-order valence-electron chi connectivity index (χ4n) is 5.11. The predicted molar refractivity (Wildman–Crippen MR) is 160 cm³/mol. The highest BCUT2D eigenvalue weighted by atomic mass is 127. The molecular weight excluding hydrogens is 627 g/mol. The summed E-state index contributed by atoms with van der Waals surface area (Å²) in [5, 5.41) is 14.2. The van der Waals surface area contributed by atoms with Crippen molar-refractivity contribution in [3.63, 3.8) is 0 Å². The minimum absolute atomic E-state index is 0.0908. The second-order valence-corrected chi connectivity index (χ2v) is 11.6. The molecule has 1 aliphatic carbocycles. The number of hydrogen-bond acceptors (Lipinski definition) is 7. The van der Waals surface area contributed by atoms with Crippen LogP contribution in [0.15, 0.2) is 35.9 Å². The van der Waals surface area contributed by atoms with Crippen LogP contribution in [0.25, 0.3) is 0 Å². The predicted octanol–water partition coefficient (Wildman–Crippen LogP) is 4.40. The Kier molecular flexibility index (Phi) is 13.3. The van der Waals surface area contributed by atoms with Crippen molar-refractivity contribution in [1.82, 2.24) is 10.6 Å². The first-order valence-corrected chi connectivity index (χ1v) is 15.6. The fourth-order valence-corrected chi connectivity index (χ4v) is 5.72. The average Bonchev–Trinajstić information content (AvgIpc) is 3.31. The van der Waals surface area contributed by atoms with E-state index >= 15 is 0 Å². The normalized spacial score (nSPS) is 21.3. The van der Waals surface area contributed by atoms with Gasteiger partial charge in [0.05, 0.1) is 12.2 Å². The third kappa shape index (κ3) is 9.25. The molecule has 40 heavy (non-hydrogen) atoms. The quantitative estimate of drug-likeness (QED) is 0.135. The molecule has 0 unspecified atom stereocenters. The van der Waals surface area contributed by atoms with Crippen LogP contribution >= 0.6 is 22.6 Å². The molecule has 9 nitrogen and oxygen atoms in total. The van der Waals surface area contributed by atoms with Gasteiger partial charge >= 0.3 is 5.97 Å². The maximum atomic E-state index is 13.2. The van der Waals surface area contributed by atoms with Gasteiger partial charge in [-0.3, -0.25) is 9.59 Å². The molecule has 0 aromatic heterocycles. The summed E-state index contributed by atoms with van der Waals surface area (Å²) in [5.41, 5.74) is 0.907. The van der Waals surface area contributed by atoms with Crippen molar-refractivity contribution in [2.24, 2.45) is 0 Å². The Morgan fingerprint density at radius 1 is 1.02 bits per heavy atom. The molecule has 2 aliphatic rings. The third-order valence-corrected chi connectivity index (χ3v) is 8.16. The monoisotopic (exact) mass is 670 g/mol. The van der Waals surface area contributed by atoms with E-state index in [1.807, 2.05) is 12.1 Å². The molecule has 3 rings (SSSR count). The summed E-state index contributed by atoms with van der Waals surface area (Å²) in [5.74, 6) is -1.83. The molecule has 0 spiro atoms. The van der Waals surface area contributed by atoms with Crippen LogP contribution in [0.1, 0.15) is 88.4 Å².